The third kappa shape index (κ3) is 4.64. The summed E-state index contributed by atoms with van der Waals surface area (Å²) < 4.78 is 19.3. The van der Waals surface area contributed by atoms with Crippen molar-refractivity contribution in [2.75, 3.05) is 43.6 Å². The molecule has 1 saturated heterocycles. The highest BCUT2D eigenvalue weighted by molar-refractivity contribution is 5.98. The predicted molar refractivity (Wildman–Crippen MR) is 88.6 cm³/mol. The number of nitrogens with two attached hydrogens (primary N) is 1. The molecule has 0 spiro atoms. The fourth-order valence-corrected chi connectivity index (χ4v) is 2.25. The molecule has 1 aromatic carbocycles. The van der Waals surface area contributed by atoms with Gasteiger partial charge in [0.05, 0.1) is 12.3 Å². The zero-order valence-electron chi connectivity index (χ0n) is 13.7. The molecular weight excluding hydrogens is 333 g/mol. The van der Waals surface area contributed by atoms with Crippen molar-refractivity contribution in [2.24, 2.45) is 5.73 Å². The van der Waals surface area contributed by atoms with Gasteiger partial charge in [-0.25, -0.2) is 9.18 Å². The summed E-state index contributed by atoms with van der Waals surface area (Å²) >= 11 is 0. The van der Waals surface area contributed by atoms with Gasteiger partial charge in [-0.3, -0.25) is 9.59 Å². The van der Waals surface area contributed by atoms with Crippen molar-refractivity contribution in [3.8, 4) is 0 Å². The molecule has 0 saturated carbocycles. The van der Waals surface area contributed by atoms with E-state index in [2.05, 4.69) is 16.0 Å². The summed E-state index contributed by atoms with van der Waals surface area (Å²) in [5.74, 6) is -1.62. The second-order valence-corrected chi connectivity index (χ2v) is 5.26. The molecule has 0 unspecified atom stereocenters. The Morgan fingerprint density at radius 2 is 2.20 bits per heavy atom. The normalized spacial score (nSPS) is 15.5. The zero-order chi connectivity index (χ0) is 18.4. The summed E-state index contributed by atoms with van der Waals surface area (Å²) in [4.78, 5) is 36.6. The van der Waals surface area contributed by atoms with Gasteiger partial charge in [0.15, 0.2) is 0 Å². The van der Waals surface area contributed by atoms with Crippen molar-refractivity contribution in [1.82, 2.24) is 10.6 Å². The fraction of sp³-hybridized carbons (Fsp3) is 0.400. The minimum Gasteiger partial charge on any atom is -0.370 e. The number of nitrogens with zero attached hydrogens (tertiary/aromatic N) is 1. The van der Waals surface area contributed by atoms with Crippen LogP contribution in [0.15, 0.2) is 18.2 Å². The molecule has 1 fully saturated rings. The van der Waals surface area contributed by atoms with Gasteiger partial charge in [0.25, 0.3) is 5.91 Å². The van der Waals surface area contributed by atoms with Crippen LogP contribution >= 0.6 is 0 Å². The van der Waals surface area contributed by atoms with Gasteiger partial charge in [-0.15, -0.1) is 0 Å². The SMILES string of the molecule is CNC(=O)N[C@H](CN)C(=O)Nc1ccc(N2CCOCC2=O)cc1F. The van der Waals surface area contributed by atoms with Crippen LogP contribution in [0.3, 0.4) is 0 Å². The number of anilines is 2. The highest BCUT2D eigenvalue weighted by Crippen LogP contribution is 2.23. The molecule has 0 aliphatic carbocycles. The molecule has 4 amide bonds. The van der Waals surface area contributed by atoms with Gasteiger partial charge in [0.2, 0.25) is 5.91 Å². The number of hydrogen-bond acceptors (Lipinski definition) is 5. The molecule has 0 aromatic heterocycles. The van der Waals surface area contributed by atoms with E-state index in [0.29, 0.717) is 18.8 Å². The van der Waals surface area contributed by atoms with Crippen LogP contribution < -0.4 is 26.6 Å². The van der Waals surface area contributed by atoms with Gasteiger partial charge >= 0.3 is 6.03 Å². The van der Waals surface area contributed by atoms with Crippen molar-refractivity contribution in [2.45, 2.75) is 6.04 Å². The quantitative estimate of drug-likeness (QED) is 0.561. The third-order valence-corrected chi connectivity index (χ3v) is 3.59. The van der Waals surface area contributed by atoms with Crippen LogP contribution in [0.2, 0.25) is 0 Å². The van der Waals surface area contributed by atoms with Gasteiger partial charge in [-0.05, 0) is 18.2 Å². The smallest absolute Gasteiger partial charge is 0.315 e. The van der Waals surface area contributed by atoms with Crippen molar-refractivity contribution in [1.29, 1.82) is 0 Å². The van der Waals surface area contributed by atoms with Gasteiger partial charge in [0.1, 0.15) is 18.5 Å². The molecule has 25 heavy (non-hydrogen) atoms. The van der Waals surface area contributed by atoms with Crippen LogP contribution in [0.4, 0.5) is 20.6 Å². The highest BCUT2D eigenvalue weighted by Gasteiger charge is 2.23. The Hall–Kier alpha value is -2.72. The van der Waals surface area contributed by atoms with Gasteiger partial charge < -0.3 is 31.3 Å². The lowest BCUT2D eigenvalue weighted by Crippen LogP contribution is -2.51. The molecule has 5 N–H and O–H groups in total. The molecular formula is C15H20FN5O4. The van der Waals surface area contributed by atoms with Gasteiger partial charge in [0, 0.05) is 25.8 Å². The lowest BCUT2D eigenvalue weighted by atomic mass is 10.2. The minimum atomic E-state index is -1.01. The minimum absolute atomic E-state index is 0.0521. The van der Waals surface area contributed by atoms with Crippen LogP contribution in [0, 0.1) is 5.82 Å². The first-order chi connectivity index (χ1) is 12.0. The lowest BCUT2D eigenvalue weighted by Gasteiger charge is -2.27. The molecule has 1 aliphatic heterocycles. The largest absolute Gasteiger partial charge is 0.370 e. The monoisotopic (exact) mass is 353 g/mol. The first-order valence-electron chi connectivity index (χ1n) is 7.63. The number of nitrogens with one attached hydrogen (secondary N) is 3. The van der Waals surface area contributed by atoms with Crippen molar-refractivity contribution in [3.05, 3.63) is 24.0 Å². The van der Waals surface area contributed by atoms with Crippen LogP contribution in [0.25, 0.3) is 0 Å². The van der Waals surface area contributed by atoms with Crippen molar-refractivity contribution < 1.29 is 23.5 Å². The molecule has 0 bridgehead atoms. The van der Waals surface area contributed by atoms with Crippen molar-refractivity contribution >= 4 is 29.2 Å². The van der Waals surface area contributed by atoms with E-state index in [1.54, 1.807) is 0 Å². The molecule has 2 rings (SSSR count). The Kier molecular flexibility index (Phi) is 6.25. The highest BCUT2D eigenvalue weighted by atomic mass is 19.1. The molecule has 0 radical (unpaired) electrons. The number of rotatable bonds is 5. The Balaban J connectivity index is 2.08. The van der Waals surface area contributed by atoms with E-state index < -0.39 is 23.8 Å². The maximum Gasteiger partial charge on any atom is 0.315 e. The molecule has 1 heterocycles. The number of amides is 4. The van der Waals surface area contributed by atoms with E-state index in [9.17, 15) is 18.8 Å². The van der Waals surface area contributed by atoms with Crippen LogP contribution in [-0.2, 0) is 14.3 Å². The Morgan fingerprint density at radius 3 is 2.80 bits per heavy atom. The van der Waals surface area contributed by atoms with Gasteiger partial charge in [-0.1, -0.05) is 0 Å². The number of hydrogen-bond donors (Lipinski definition) is 4. The Morgan fingerprint density at radius 1 is 1.44 bits per heavy atom. The van der Waals surface area contributed by atoms with E-state index in [1.807, 2.05) is 0 Å². The fourth-order valence-electron chi connectivity index (χ4n) is 2.25. The summed E-state index contributed by atoms with van der Waals surface area (Å²) in [7, 11) is 1.39. The van der Waals surface area contributed by atoms with Crippen LogP contribution in [0.1, 0.15) is 0 Å². The number of morpholine rings is 1. The molecule has 10 heteroatoms. The van der Waals surface area contributed by atoms with Gasteiger partial charge in [-0.2, -0.15) is 0 Å². The lowest BCUT2D eigenvalue weighted by molar-refractivity contribution is -0.125. The number of halogens is 1. The van der Waals surface area contributed by atoms with E-state index in [0.717, 1.165) is 6.07 Å². The molecule has 136 valence electrons. The van der Waals surface area contributed by atoms with Crippen LogP contribution in [0.5, 0.6) is 0 Å². The Bertz CT molecular complexity index is 669. The number of benzene rings is 1. The van der Waals surface area contributed by atoms with E-state index in [4.69, 9.17) is 10.5 Å². The van der Waals surface area contributed by atoms with E-state index in [1.165, 1.54) is 24.1 Å². The molecule has 1 aromatic rings. The standard InChI is InChI=1S/C15H20FN5O4/c1-18-15(24)20-12(7-17)14(23)19-11-3-2-9(6-10(11)16)21-4-5-25-8-13(21)22/h2-3,6,12H,4-5,7-8,17H2,1H3,(H,19,23)(H2,18,20,24)/t12-/m1/s1. The number of carbonyl (C=O) groups excluding carboxylic acids is 3. The molecule has 9 nitrogen and oxygen atoms in total. The maximum atomic E-state index is 14.3. The van der Waals surface area contributed by atoms with Crippen LogP contribution in [-0.4, -0.2) is 57.2 Å². The predicted octanol–water partition coefficient (Wildman–Crippen LogP) is -0.616. The first kappa shape index (κ1) is 18.6. The van der Waals surface area contributed by atoms with E-state index in [-0.39, 0.29) is 24.7 Å². The van der Waals surface area contributed by atoms with E-state index >= 15 is 0 Å². The number of ether oxygens (including phenoxy) is 1. The molecule has 1 aliphatic rings. The summed E-state index contributed by atoms with van der Waals surface area (Å²) in [5.41, 5.74) is 5.75. The average molecular weight is 353 g/mol. The summed E-state index contributed by atoms with van der Waals surface area (Å²) in [6.45, 7) is 0.495. The maximum absolute atomic E-state index is 14.3. The topological polar surface area (TPSA) is 126 Å². The summed E-state index contributed by atoms with van der Waals surface area (Å²) in [6, 6.07) is 2.43. The van der Waals surface area contributed by atoms with Crippen molar-refractivity contribution in [3.63, 3.8) is 0 Å². The summed E-state index contributed by atoms with van der Waals surface area (Å²) in [5, 5.41) is 7.02. The number of urea groups is 1. The second-order valence-electron chi connectivity index (χ2n) is 5.26. The third-order valence-electron chi connectivity index (χ3n) is 3.59. The second kappa shape index (κ2) is 8.40. The average Bonchev–Trinajstić information content (AvgIpc) is 2.61. The Labute approximate surface area is 143 Å². The zero-order valence-corrected chi connectivity index (χ0v) is 13.7. The summed E-state index contributed by atoms with van der Waals surface area (Å²) in [6.07, 6.45) is 0. The number of carbonyl (C=O) groups is 3. The first-order valence-corrected chi connectivity index (χ1v) is 7.63. The molecule has 1 atom stereocenters.